The highest BCUT2D eigenvalue weighted by Gasteiger charge is 2.70. The zero-order valence-corrected chi connectivity index (χ0v) is 8.52. The van der Waals surface area contributed by atoms with Crippen LogP contribution in [0.25, 0.3) is 0 Å². The lowest BCUT2D eigenvalue weighted by Gasteiger charge is -2.26. The van der Waals surface area contributed by atoms with E-state index in [4.69, 9.17) is 4.74 Å². The molecule has 13 heavy (non-hydrogen) atoms. The van der Waals surface area contributed by atoms with E-state index in [1.165, 1.54) is 0 Å². The molecule has 1 heterocycles. The lowest BCUT2D eigenvalue weighted by atomic mass is 9.73. The summed E-state index contributed by atoms with van der Waals surface area (Å²) in [5, 5.41) is 0. The van der Waals surface area contributed by atoms with Crippen molar-refractivity contribution in [1.29, 1.82) is 0 Å². The number of rotatable bonds is 1. The SMILES string of the molecule is C=C(C)[C@@H]1CC(=O)[C@]2(C)O[C@]2(C)C1. The standard InChI is InChI=1S/C11H16O2/c1-7(2)8-5-9(12)11(4)10(3,6-8)13-11/h8H,1,5-6H2,2-4H3/t8-,10-,11+/m1/s1. The van der Waals surface area contributed by atoms with Crippen LogP contribution in [0.4, 0.5) is 0 Å². The van der Waals surface area contributed by atoms with Crippen LogP contribution in [-0.4, -0.2) is 17.0 Å². The monoisotopic (exact) mass is 180 g/mol. The van der Waals surface area contributed by atoms with Gasteiger partial charge in [0.2, 0.25) is 0 Å². The number of carbonyl (C=O) groups excluding carboxylic acids is 1. The van der Waals surface area contributed by atoms with Crippen LogP contribution < -0.4 is 0 Å². The largest absolute Gasteiger partial charge is 0.355 e. The second-order valence-electron chi connectivity index (χ2n) is 4.74. The van der Waals surface area contributed by atoms with Gasteiger partial charge in [-0.25, -0.2) is 0 Å². The van der Waals surface area contributed by atoms with Crippen molar-refractivity contribution in [1.82, 2.24) is 0 Å². The van der Waals surface area contributed by atoms with Crippen molar-refractivity contribution in [3.63, 3.8) is 0 Å². The second-order valence-corrected chi connectivity index (χ2v) is 4.74. The molecular weight excluding hydrogens is 164 g/mol. The van der Waals surface area contributed by atoms with Crippen molar-refractivity contribution in [2.24, 2.45) is 5.92 Å². The molecule has 2 aliphatic rings. The van der Waals surface area contributed by atoms with Crippen molar-refractivity contribution in [2.45, 2.75) is 44.8 Å². The maximum atomic E-state index is 11.7. The molecule has 0 unspecified atom stereocenters. The van der Waals surface area contributed by atoms with Gasteiger partial charge in [-0.3, -0.25) is 4.79 Å². The minimum Gasteiger partial charge on any atom is -0.355 e. The van der Waals surface area contributed by atoms with Crippen LogP contribution in [0.15, 0.2) is 12.2 Å². The fourth-order valence-corrected chi connectivity index (χ4v) is 2.32. The summed E-state index contributed by atoms with van der Waals surface area (Å²) in [6.45, 7) is 9.84. The van der Waals surface area contributed by atoms with Crippen molar-refractivity contribution >= 4 is 5.78 Å². The average Bonchev–Trinajstić information content (AvgIpc) is 2.55. The highest BCUT2D eigenvalue weighted by atomic mass is 16.6. The fraction of sp³-hybridized carbons (Fsp3) is 0.727. The van der Waals surface area contributed by atoms with Gasteiger partial charge in [-0.15, -0.1) is 0 Å². The molecule has 0 aromatic carbocycles. The molecule has 72 valence electrons. The van der Waals surface area contributed by atoms with Gasteiger partial charge in [0.1, 0.15) is 5.60 Å². The smallest absolute Gasteiger partial charge is 0.167 e. The number of hydrogen-bond acceptors (Lipinski definition) is 2. The van der Waals surface area contributed by atoms with Gasteiger partial charge in [0, 0.05) is 6.42 Å². The summed E-state index contributed by atoms with van der Waals surface area (Å²) < 4.78 is 5.55. The van der Waals surface area contributed by atoms with E-state index in [-0.39, 0.29) is 11.4 Å². The molecule has 1 saturated heterocycles. The average molecular weight is 180 g/mol. The highest BCUT2D eigenvalue weighted by molar-refractivity contribution is 5.92. The van der Waals surface area contributed by atoms with Crippen LogP contribution in [-0.2, 0) is 9.53 Å². The minimum absolute atomic E-state index is 0.202. The summed E-state index contributed by atoms with van der Waals surface area (Å²) >= 11 is 0. The molecule has 0 spiro atoms. The zero-order valence-electron chi connectivity index (χ0n) is 8.52. The van der Waals surface area contributed by atoms with Crippen LogP contribution in [0, 0.1) is 5.92 Å². The van der Waals surface area contributed by atoms with E-state index < -0.39 is 5.60 Å². The van der Waals surface area contributed by atoms with Gasteiger partial charge < -0.3 is 4.74 Å². The number of Topliss-reactive ketones (excluding diaryl/α,β-unsaturated/α-hetero) is 1. The van der Waals surface area contributed by atoms with E-state index in [1.807, 2.05) is 20.8 Å². The van der Waals surface area contributed by atoms with Gasteiger partial charge in [0.15, 0.2) is 11.4 Å². The first kappa shape index (κ1) is 8.95. The first-order valence-corrected chi connectivity index (χ1v) is 4.78. The molecule has 1 aliphatic heterocycles. The molecule has 0 amide bonds. The van der Waals surface area contributed by atoms with Crippen molar-refractivity contribution < 1.29 is 9.53 Å². The zero-order chi connectivity index (χ0) is 9.85. The Morgan fingerprint density at radius 3 is 2.69 bits per heavy atom. The molecular formula is C11H16O2. The maximum absolute atomic E-state index is 11.7. The lowest BCUT2D eigenvalue weighted by molar-refractivity contribution is -0.125. The summed E-state index contributed by atoms with van der Waals surface area (Å²) in [6, 6.07) is 0. The van der Waals surface area contributed by atoms with E-state index in [1.54, 1.807) is 0 Å². The Labute approximate surface area is 79.0 Å². The molecule has 0 bridgehead atoms. The highest BCUT2D eigenvalue weighted by Crippen LogP contribution is 2.57. The van der Waals surface area contributed by atoms with Crippen LogP contribution in [0.2, 0.25) is 0 Å². The van der Waals surface area contributed by atoms with Gasteiger partial charge in [-0.1, -0.05) is 12.2 Å². The maximum Gasteiger partial charge on any atom is 0.167 e. The molecule has 1 saturated carbocycles. The molecule has 0 aromatic rings. The van der Waals surface area contributed by atoms with Crippen LogP contribution >= 0.6 is 0 Å². The number of fused-ring (bicyclic) bond motifs is 1. The van der Waals surface area contributed by atoms with E-state index >= 15 is 0 Å². The van der Waals surface area contributed by atoms with Crippen molar-refractivity contribution in [2.75, 3.05) is 0 Å². The predicted molar refractivity (Wildman–Crippen MR) is 50.4 cm³/mol. The first-order chi connectivity index (χ1) is 5.89. The van der Waals surface area contributed by atoms with Gasteiger partial charge in [0.25, 0.3) is 0 Å². The number of hydrogen-bond donors (Lipinski definition) is 0. The molecule has 2 fully saturated rings. The van der Waals surface area contributed by atoms with E-state index in [9.17, 15) is 4.79 Å². The Bertz CT molecular complexity index is 294. The second kappa shape index (κ2) is 2.24. The normalized spacial score (nSPS) is 48.5. The summed E-state index contributed by atoms with van der Waals surface area (Å²) in [5.74, 6) is 0.572. The van der Waals surface area contributed by atoms with E-state index in [0.29, 0.717) is 12.3 Å². The lowest BCUT2D eigenvalue weighted by Crippen LogP contribution is -2.38. The fourth-order valence-electron chi connectivity index (χ4n) is 2.32. The predicted octanol–water partition coefficient (Wildman–Crippen LogP) is 2.09. The Balaban J connectivity index is 2.22. The van der Waals surface area contributed by atoms with Crippen molar-refractivity contribution in [3.05, 3.63) is 12.2 Å². The summed E-state index contributed by atoms with van der Waals surface area (Å²) in [7, 11) is 0. The Morgan fingerprint density at radius 1 is 1.62 bits per heavy atom. The first-order valence-electron chi connectivity index (χ1n) is 4.78. The molecule has 1 aliphatic carbocycles. The van der Waals surface area contributed by atoms with Crippen LogP contribution in [0.1, 0.15) is 33.6 Å². The van der Waals surface area contributed by atoms with Gasteiger partial charge in [-0.05, 0) is 33.1 Å². The molecule has 0 aromatic heterocycles. The third-order valence-electron chi connectivity index (χ3n) is 3.69. The number of epoxide rings is 1. The third-order valence-corrected chi connectivity index (χ3v) is 3.69. The third kappa shape index (κ3) is 1.01. The van der Waals surface area contributed by atoms with E-state index in [2.05, 4.69) is 6.58 Å². The van der Waals surface area contributed by atoms with Gasteiger partial charge in [-0.2, -0.15) is 0 Å². The van der Waals surface area contributed by atoms with E-state index in [0.717, 1.165) is 12.0 Å². The quantitative estimate of drug-likeness (QED) is 0.457. The summed E-state index contributed by atoms with van der Waals surface area (Å²) in [5.41, 5.74) is 0.428. The van der Waals surface area contributed by atoms with Gasteiger partial charge >= 0.3 is 0 Å². The number of carbonyl (C=O) groups is 1. The number of ketones is 1. The molecule has 2 rings (SSSR count). The van der Waals surface area contributed by atoms with Gasteiger partial charge in [0.05, 0.1) is 0 Å². The Kier molecular flexibility index (Phi) is 1.54. The Hall–Kier alpha value is -0.630. The van der Waals surface area contributed by atoms with Crippen LogP contribution in [0.5, 0.6) is 0 Å². The summed E-state index contributed by atoms with van der Waals surface area (Å²) in [4.78, 5) is 11.7. The molecule has 0 radical (unpaired) electrons. The topological polar surface area (TPSA) is 29.6 Å². The molecule has 0 N–H and O–H groups in total. The molecule has 2 heteroatoms. The molecule has 2 nitrogen and oxygen atoms in total. The number of ether oxygens (including phenoxy) is 1. The number of allylic oxidation sites excluding steroid dienone is 1. The minimum atomic E-state index is -0.473. The van der Waals surface area contributed by atoms with Crippen LogP contribution in [0.3, 0.4) is 0 Å². The summed E-state index contributed by atoms with van der Waals surface area (Å²) in [6.07, 6.45) is 1.56. The molecule has 3 atom stereocenters. The Morgan fingerprint density at radius 2 is 2.23 bits per heavy atom. The van der Waals surface area contributed by atoms with Crippen molar-refractivity contribution in [3.8, 4) is 0 Å².